The second-order valence-electron chi connectivity index (χ2n) is 4.85. The number of amides is 2. The molecule has 1 aromatic carbocycles. The van der Waals surface area contributed by atoms with E-state index in [0.29, 0.717) is 24.2 Å². The van der Waals surface area contributed by atoms with E-state index in [-0.39, 0.29) is 11.6 Å². The van der Waals surface area contributed by atoms with Crippen LogP contribution < -0.4 is 10.2 Å². The van der Waals surface area contributed by atoms with E-state index < -0.39 is 18.2 Å². The minimum absolute atomic E-state index is 0.280. The SMILES string of the molecule is Cn1nnc(NC(=O)N2CCc3cc(F)ccc32)c1C(F)F. The van der Waals surface area contributed by atoms with E-state index in [1.165, 1.54) is 30.1 Å². The highest BCUT2D eigenvalue weighted by molar-refractivity contribution is 6.02. The summed E-state index contributed by atoms with van der Waals surface area (Å²) in [6.07, 6.45) is -2.31. The van der Waals surface area contributed by atoms with Gasteiger partial charge in [-0.05, 0) is 30.2 Å². The summed E-state index contributed by atoms with van der Waals surface area (Å²) in [5.41, 5.74) is 0.789. The number of urea groups is 1. The number of benzene rings is 1. The second-order valence-corrected chi connectivity index (χ2v) is 4.85. The van der Waals surface area contributed by atoms with E-state index in [0.717, 1.165) is 4.68 Å². The Morgan fingerprint density at radius 1 is 1.41 bits per heavy atom. The molecule has 1 N–H and O–H groups in total. The van der Waals surface area contributed by atoms with E-state index in [4.69, 9.17) is 0 Å². The average Bonchev–Trinajstić information content (AvgIpc) is 3.02. The first-order chi connectivity index (χ1) is 10.5. The van der Waals surface area contributed by atoms with Crippen molar-refractivity contribution in [3.8, 4) is 0 Å². The maximum absolute atomic E-state index is 13.2. The van der Waals surface area contributed by atoms with Crippen molar-refractivity contribution in [3.05, 3.63) is 35.3 Å². The van der Waals surface area contributed by atoms with Crippen molar-refractivity contribution in [3.63, 3.8) is 0 Å². The first-order valence-corrected chi connectivity index (χ1v) is 6.52. The smallest absolute Gasteiger partial charge is 0.294 e. The van der Waals surface area contributed by atoms with E-state index in [1.807, 2.05) is 0 Å². The molecule has 6 nitrogen and oxygen atoms in total. The molecule has 2 aromatic rings. The molecular formula is C13H12F3N5O. The molecule has 0 saturated heterocycles. The van der Waals surface area contributed by atoms with Crippen molar-refractivity contribution in [2.75, 3.05) is 16.8 Å². The van der Waals surface area contributed by atoms with Gasteiger partial charge in [-0.3, -0.25) is 10.2 Å². The van der Waals surface area contributed by atoms with Crippen LogP contribution in [0.2, 0.25) is 0 Å². The van der Waals surface area contributed by atoms with Crippen LogP contribution in [-0.4, -0.2) is 27.6 Å². The predicted octanol–water partition coefficient (Wildman–Crippen LogP) is 2.49. The van der Waals surface area contributed by atoms with Gasteiger partial charge in [-0.1, -0.05) is 5.21 Å². The predicted molar refractivity (Wildman–Crippen MR) is 72.4 cm³/mol. The van der Waals surface area contributed by atoms with Gasteiger partial charge in [-0.25, -0.2) is 22.6 Å². The number of nitrogens with zero attached hydrogens (tertiary/aromatic N) is 4. The first kappa shape index (κ1) is 14.4. The monoisotopic (exact) mass is 311 g/mol. The summed E-state index contributed by atoms with van der Waals surface area (Å²) in [5, 5.41) is 9.34. The summed E-state index contributed by atoms with van der Waals surface area (Å²) in [4.78, 5) is 13.6. The molecule has 1 aliphatic rings. The van der Waals surface area contributed by atoms with E-state index in [9.17, 15) is 18.0 Å². The standard InChI is InChI=1S/C13H12F3N5O/c1-20-10(11(15)16)12(18-19-20)17-13(22)21-5-4-7-6-8(14)2-3-9(7)21/h2-3,6,11H,4-5H2,1H3,(H,17,22). The number of rotatable bonds is 2. The van der Waals surface area contributed by atoms with Crippen molar-refractivity contribution in [2.45, 2.75) is 12.8 Å². The van der Waals surface area contributed by atoms with Gasteiger partial charge in [-0.15, -0.1) is 5.10 Å². The Labute approximate surface area is 123 Å². The van der Waals surface area contributed by atoms with Crippen molar-refractivity contribution < 1.29 is 18.0 Å². The van der Waals surface area contributed by atoms with Crippen LogP contribution in [0.4, 0.5) is 29.5 Å². The molecule has 22 heavy (non-hydrogen) atoms. The highest BCUT2D eigenvalue weighted by Crippen LogP contribution is 2.30. The molecule has 0 spiro atoms. The van der Waals surface area contributed by atoms with Crippen LogP contribution >= 0.6 is 0 Å². The molecule has 0 atom stereocenters. The Morgan fingerprint density at radius 2 is 2.18 bits per heavy atom. The normalized spacial score (nSPS) is 13.6. The van der Waals surface area contributed by atoms with Crippen LogP contribution in [0, 0.1) is 5.82 Å². The molecule has 0 fully saturated rings. The third-order valence-electron chi connectivity index (χ3n) is 3.48. The third kappa shape index (κ3) is 2.38. The number of nitrogens with one attached hydrogen (secondary N) is 1. The molecule has 2 amide bonds. The van der Waals surface area contributed by atoms with Crippen LogP contribution in [-0.2, 0) is 13.5 Å². The topological polar surface area (TPSA) is 63.1 Å². The number of halogens is 3. The zero-order valence-electron chi connectivity index (χ0n) is 11.6. The summed E-state index contributed by atoms with van der Waals surface area (Å²) in [5.74, 6) is -0.659. The van der Waals surface area contributed by atoms with Gasteiger partial charge in [0.2, 0.25) is 0 Å². The Hall–Kier alpha value is -2.58. The van der Waals surface area contributed by atoms with Gasteiger partial charge < -0.3 is 0 Å². The number of hydrogen-bond acceptors (Lipinski definition) is 3. The largest absolute Gasteiger partial charge is 0.327 e. The summed E-state index contributed by atoms with van der Waals surface area (Å²) in [7, 11) is 1.32. The molecule has 2 heterocycles. The van der Waals surface area contributed by atoms with Gasteiger partial charge in [0.1, 0.15) is 11.5 Å². The molecule has 1 aliphatic heterocycles. The molecule has 0 saturated carbocycles. The van der Waals surface area contributed by atoms with Crippen LogP contribution in [0.5, 0.6) is 0 Å². The zero-order valence-corrected chi connectivity index (χ0v) is 11.6. The summed E-state index contributed by atoms with van der Waals surface area (Å²) < 4.78 is 39.9. The van der Waals surface area contributed by atoms with Gasteiger partial charge in [-0.2, -0.15) is 0 Å². The Balaban J connectivity index is 1.83. The maximum atomic E-state index is 13.2. The molecule has 116 valence electrons. The minimum atomic E-state index is -2.81. The lowest BCUT2D eigenvalue weighted by Crippen LogP contribution is -2.33. The first-order valence-electron chi connectivity index (χ1n) is 6.52. The molecule has 0 bridgehead atoms. The van der Waals surface area contributed by atoms with Crippen LogP contribution in [0.3, 0.4) is 0 Å². The third-order valence-corrected chi connectivity index (χ3v) is 3.48. The average molecular weight is 311 g/mol. The van der Waals surface area contributed by atoms with Crippen LogP contribution in [0.15, 0.2) is 18.2 Å². The van der Waals surface area contributed by atoms with Crippen molar-refractivity contribution >= 4 is 17.5 Å². The van der Waals surface area contributed by atoms with Gasteiger partial charge in [0.05, 0.1) is 0 Å². The maximum Gasteiger partial charge on any atom is 0.327 e. The molecule has 0 radical (unpaired) electrons. The summed E-state index contributed by atoms with van der Waals surface area (Å²) >= 11 is 0. The molecule has 0 aliphatic carbocycles. The number of hydrogen-bond donors (Lipinski definition) is 1. The van der Waals surface area contributed by atoms with Gasteiger partial charge in [0, 0.05) is 19.3 Å². The number of fused-ring (bicyclic) bond motifs is 1. The Kier molecular flexibility index (Phi) is 3.47. The lowest BCUT2D eigenvalue weighted by molar-refractivity contribution is 0.141. The lowest BCUT2D eigenvalue weighted by Gasteiger charge is -2.17. The number of alkyl halides is 2. The van der Waals surface area contributed by atoms with Crippen LogP contribution in [0.25, 0.3) is 0 Å². The van der Waals surface area contributed by atoms with Crippen molar-refractivity contribution in [1.29, 1.82) is 0 Å². The second kappa shape index (κ2) is 5.32. The quantitative estimate of drug-likeness (QED) is 0.927. The number of aryl methyl sites for hydroxylation is 1. The van der Waals surface area contributed by atoms with Crippen molar-refractivity contribution in [2.24, 2.45) is 7.05 Å². The molecule has 0 unspecified atom stereocenters. The highest BCUT2D eigenvalue weighted by atomic mass is 19.3. The minimum Gasteiger partial charge on any atom is -0.294 e. The molecule has 3 rings (SSSR count). The number of anilines is 2. The van der Waals surface area contributed by atoms with Crippen molar-refractivity contribution in [1.82, 2.24) is 15.0 Å². The van der Waals surface area contributed by atoms with Gasteiger partial charge >= 0.3 is 6.03 Å². The van der Waals surface area contributed by atoms with Gasteiger partial charge in [0.15, 0.2) is 5.82 Å². The molecule has 9 heteroatoms. The zero-order chi connectivity index (χ0) is 15.9. The number of aromatic nitrogens is 3. The van der Waals surface area contributed by atoms with E-state index in [1.54, 1.807) is 0 Å². The fourth-order valence-corrected chi connectivity index (χ4v) is 2.45. The molecule has 1 aromatic heterocycles. The number of carbonyl (C=O) groups excluding carboxylic acids is 1. The Bertz CT molecular complexity index is 730. The van der Waals surface area contributed by atoms with E-state index >= 15 is 0 Å². The van der Waals surface area contributed by atoms with E-state index in [2.05, 4.69) is 15.6 Å². The highest BCUT2D eigenvalue weighted by Gasteiger charge is 2.28. The fraction of sp³-hybridized carbons (Fsp3) is 0.308. The summed E-state index contributed by atoms with van der Waals surface area (Å²) in [6.45, 7) is 0.342. The Morgan fingerprint density at radius 3 is 2.91 bits per heavy atom. The van der Waals surface area contributed by atoms with Gasteiger partial charge in [0.25, 0.3) is 6.43 Å². The molecular weight excluding hydrogens is 299 g/mol. The lowest BCUT2D eigenvalue weighted by atomic mass is 10.2. The summed E-state index contributed by atoms with van der Waals surface area (Å²) in [6, 6.07) is 3.49. The van der Waals surface area contributed by atoms with Crippen LogP contribution in [0.1, 0.15) is 17.7 Å². The fourth-order valence-electron chi connectivity index (χ4n) is 2.45. The number of carbonyl (C=O) groups is 1.